The zero-order valence-corrected chi connectivity index (χ0v) is 10.4. The monoisotopic (exact) mass is 230 g/mol. The summed E-state index contributed by atoms with van der Waals surface area (Å²) in [5.41, 5.74) is 9.86. The van der Waals surface area contributed by atoms with Crippen molar-refractivity contribution in [1.82, 2.24) is 5.32 Å². The van der Waals surface area contributed by atoms with Crippen LogP contribution in [0.1, 0.15) is 49.1 Å². The summed E-state index contributed by atoms with van der Waals surface area (Å²) in [4.78, 5) is 0. The molecule has 17 heavy (non-hydrogen) atoms. The molecule has 0 aromatic heterocycles. The molecule has 92 valence electrons. The standard InChI is InChI=1S/C15H22N2/c16-13-8-7-11-3-1-4-12(15(11)9-13)10-17-14-5-2-6-14/h7-9,12,14,17H,1-6,10,16H2. The fourth-order valence-corrected chi connectivity index (χ4v) is 3.05. The van der Waals surface area contributed by atoms with Crippen molar-refractivity contribution >= 4 is 5.69 Å². The van der Waals surface area contributed by atoms with Crippen LogP contribution >= 0.6 is 0 Å². The number of fused-ring (bicyclic) bond motifs is 1. The normalized spacial score (nSPS) is 24.1. The van der Waals surface area contributed by atoms with Gasteiger partial charge in [0.2, 0.25) is 0 Å². The summed E-state index contributed by atoms with van der Waals surface area (Å²) in [5.74, 6) is 0.683. The second kappa shape index (κ2) is 4.69. The zero-order chi connectivity index (χ0) is 11.7. The molecule has 2 nitrogen and oxygen atoms in total. The van der Waals surface area contributed by atoms with Crippen LogP contribution in [-0.4, -0.2) is 12.6 Å². The molecule has 1 unspecified atom stereocenters. The quantitative estimate of drug-likeness (QED) is 0.784. The van der Waals surface area contributed by atoms with Gasteiger partial charge in [0.1, 0.15) is 0 Å². The maximum absolute atomic E-state index is 5.92. The molecule has 2 heteroatoms. The van der Waals surface area contributed by atoms with Crippen LogP contribution in [0.2, 0.25) is 0 Å². The first-order valence-electron chi connectivity index (χ1n) is 6.94. The van der Waals surface area contributed by atoms with E-state index in [0.717, 1.165) is 18.3 Å². The van der Waals surface area contributed by atoms with Crippen molar-refractivity contribution in [3.05, 3.63) is 29.3 Å². The fourth-order valence-electron chi connectivity index (χ4n) is 3.05. The number of rotatable bonds is 3. The van der Waals surface area contributed by atoms with Gasteiger partial charge >= 0.3 is 0 Å². The molecule has 0 saturated heterocycles. The van der Waals surface area contributed by atoms with Gasteiger partial charge in [-0.3, -0.25) is 0 Å². The van der Waals surface area contributed by atoms with Crippen LogP contribution in [0.3, 0.4) is 0 Å². The van der Waals surface area contributed by atoms with Crippen molar-refractivity contribution in [2.45, 2.75) is 50.5 Å². The molecular formula is C15H22N2. The van der Waals surface area contributed by atoms with Crippen molar-refractivity contribution in [3.63, 3.8) is 0 Å². The summed E-state index contributed by atoms with van der Waals surface area (Å²) in [5, 5.41) is 3.71. The Labute approximate surface area is 104 Å². The average molecular weight is 230 g/mol. The number of nitrogens with two attached hydrogens (primary N) is 1. The van der Waals surface area contributed by atoms with Crippen molar-refractivity contribution in [1.29, 1.82) is 0 Å². The van der Waals surface area contributed by atoms with E-state index in [1.54, 1.807) is 0 Å². The SMILES string of the molecule is Nc1ccc2c(c1)C(CNC1CCC1)CCC2. The molecule has 3 N–H and O–H groups in total. The van der Waals surface area contributed by atoms with E-state index < -0.39 is 0 Å². The van der Waals surface area contributed by atoms with Crippen molar-refractivity contribution < 1.29 is 0 Å². The molecule has 0 heterocycles. The molecular weight excluding hydrogens is 208 g/mol. The summed E-state index contributed by atoms with van der Waals surface area (Å²) in [7, 11) is 0. The van der Waals surface area contributed by atoms with E-state index in [-0.39, 0.29) is 0 Å². The number of anilines is 1. The summed E-state index contributed by atoms with van der Waals surface area (Å²) in [6.07, 6.45) is 8.03. The van der Waals surface area contributed by atoms with Gasteiger partial charge in [0.25, 0.3) is 0 Å². The fraction of sp³-hybridized carbons (Fsp3) is 0.600. The largest absolute Gasteiger partial charge is 0.399 e. The lowest BCUT2D eigenvalue weighted by molar-refractivity contribution is 0.326. The molecule has 1 atom stereocenters. The number of hydrogen-bond donors (Lipinski definition) is 2. The second-order valence-electron chi connectivity index (χ2n) is 5.58. The molecule has 0 aliphatic heterocycles. The first kappa shape index (κ1) is 11.1. The van der Waals surface area contributed by atoms with Crippen LogP contribution in [0.15, 0.2) is 18.2 Å². The molecule has 1 saturated carbocycles. The van der Waals surface area contributed by atoms with E-state index in [2.05, 4.69) is 17.4 Å². The molecule has 1 aromatic rings. The van der Waals surface area contributed by atoms with Crippen LogP contribution in [-0.2, 0) is 6.42 Å². The van der Waals surface area contributed by atoms with Crippen molar-refractivity contribution in [2.75, 3.05) is 12.3 Å². The van der Waals surface area contributed by atoms with Crippen LogP contribution in [0.5, 0.6) is 0 Å². The molecule has 0 spiro atoms. The Morgan fingerprint density at radius 1 is 1.18 bits per heavy atom. The molecule has 1 aromatic carbocycles. The maximum Gasteiger partial charge on any atom is 0.0317 e. The van der Waals surface area contributed by atoms with E-state index in [9.17, 15) is 0 Å². The van der Waals surface area contributed by atoms with Gasteiger partial charge in [-0.25, -0.2) is 0 Å². The lowest BCUT2D eigenvalue weighted by Crippen LogP contribution is -2.38. The molecule has 0 radical (unpaired) electrons. The highest BCUT2D eigenvalue weighted by Crippen LogP contribution is 2.33. The Hall–Kier alpha value is -1.02. The third kappa shape index (κ3) is 2.32. The molecule has 2 aliphatic carbocycles. The van der Waals surface area contributed by atoms with E-state index >= 15 is 0 Å². The minimum absolute atomic E-state index is 0.683. The van der Waals surface area contributed by atoms with Gasteiger partial charge in [-0.05, 0) is 61.3 Å². The first-order valence-corrected chi connectivity index (χ1v) is 6.94. The zero-order valence-electron chi connectivity index (χ0n) is 10.4. The smallest absolute Gasteiger partial charge is 0.0317 e. The predicted molar refractivity (Wildman–Crippen MR) is 72.2 cm³/mol. The Kier molecular flexibility index (Phi) is 3.06. The lowest BCUT2D eigenvalue weighted by Gasteiger charge is -2.31. The maximum atomic E-state index is 5.92. The Morgan fingerprint density at radius 3 is 2.82 bits per heavy atom. The van der Waals surface area contributed by atoms with Crippen LogP contribution in [0, 0.1) is 0 Å². The number of aryl methyl sites for hydroxylation is 1. The lowest BCUT2D eigenvalue weighted by atomic mass is 9.82. The van der Waals surface area contributed by atoms with Gasteiger partial charge in [0.05, 0.1) is 0 Å². The Morgan fingerprint density at radius 2 is 2.06 bits per heavy atom. The van der Waals surface area contributed by atoms with Crippen LogP contribution < -0.4 is 11.1 Å². The van der Waals surface area contributed by atoms with E-state index in [1.165, 1.54) is 49.7 Å². The molecule has 2 aliphatic rings. The number of nitrogen functional groups attached to an aromatic ring is 1. The molecule has 1 fully saturated rings. The molecule has 0 bridgehead atoms. The van der Waals surface area contributed by atoms with Gasteiger partial charge < -0.3 is 11.1 Å². The van der Waals surface area contributed by atoms with Gasteiger partial charge in [-0.2, -0.15) is 0 Å². The van der Waals surface area contributed by atoms with Gasteiger partial charge in [0, 0.05) is 18.3 Å². The topological polar surface area (TPSA) is 38.0 Å². The summed E-state index contributed by atoms with van der Waals surface area (Å²) in [6.45, 7) is 1.14. The molecule has 0 amide bonds. The third-order valence-electron chi connectivity index (χ3n) is 4.37. The summed E-state index contributed by atoms with van der Waals surface area (Å²) in [6, 6.07) is 7.25. The Balaban J connectivity index is 1.71. The average Bonchev–Trinajstić information content (AvgIpc) is 2.27. The minimum atomic E-state index is 0.683. The van der Waals surface area contributed by atoms with Crippen LogP contribution in [0.4, 0.5) is 5.69 Å². The second-order valence-corrected chi connectivity index (χ2v) is 5.58. The van der Waals surface area contributed by atoms with Gasteiger partial charge in [-0.15, -0.1) is 0 Å². The number of hydrogen-bond acceptors (Lipinski definition) is 2. The minimum Gasteiger partial charge on any atom is -0.399 e. The first-order chi connectivity index (χ1) is 8.33. The third-order valence-corrected chi connectivity index (χ3v) is 4.37. The highest BCUT2D eigenvalue weighted by molar-refractivity contribution is 5.47. The highest BCUT2D eigenvalue weighted by Gasteiger charge is 2.23. The number of nitrogens with one attached hydrogen (secondary N) is 1. The Bertz CT molecular complexity index is 396. The summed E-state index contributed by atoms with van der Waals surface area (Å²) >= 11 is 0. The summed E-state index contributed by atoms with van der Waals surface area (Å²) < 4.78 is 0. The molecule has 3 rings (SSSR count). The van der Waals surface area contributed by atoms with Gasteiger partial charge in [-0.1, -0.05) is 12.5 Å². The number of benzene rings is 1. The van der Waals surface area contributed by atoms with Crippen LogP contribution in [0.25, 0.3) is 0 Å². The van der Waals surface area contributed by atoms with Gasteiger partial charge in [0.15, 0.2) is 0 Å². The van der Waals surface area contributed by atoms with Crippen molar-refractivity contribution in [3.8, 4) is 0 Å². The van der Waals surface area contributed by atoms with Crippen molar-refractivity contribution in [2.24, 2.45) is 0 Å². The van der Waals surface area contributed by atoms with E-state index in [0.29, 0.717) is 5.92 Å². The van der Waals surface area contributed by atoms with E-state index in [1.807, 2.05) is 6.07 Å². The predicted octanol–water partition coefficient (Wildman–Crippen LogP) is 2.83. The van der Waals surface area contributed by atoms with E-state index in [4.69, 9.17) is 5.73 Å². The highest BCUT2D eigenvalue weighted by atomic mass is 14.9.